The first kappa shape index (κ1) is 23.3. The maximum atomic E-state index is 4.66. The molecule has 11 rings (SSSR count). The van der Waals surface area contributed by atoms with Crippen molar-refractivity contribution in [1.29, 1.82) is 0 Å². The predicted octanol–water partition coefficient (Wildman–Crippen LogP) is 10.4. The van der Waals surface area contributed by atoms with E-state index in [0.717, 1.165) is 16.9 Å². The van der Waals surface area contributed by atoms with Crippen molar-refractivity contribution in [2.45, 2.75) is 0 Å². The number of para-hydroxylation sites is 4. The molecule has 5 heterocycles. The fourth-order valence-corrected chi connectivity index (χ4v) is 8.05. The Morgan fingerprint density at radius 2 is 0.956 bits per heavy atom. The molecule has 0 amide bonds. The zero-order valence-electron chi connectivity index (χ0n) is 24.1. The Labute approximate surface area is 256 Å². The molecule has 0 aliphatic carbocycles. The van der Waals surface area contributed by atoms with Gasteiger partial charge in [-0.25, -0.2) is 0 Å². The van der Waals surface area contributed by atoms with Crippen LogP contribution in [0.2, 0.25) is 0 Å². The molecule has 0 fully saturated rings. The largest absolute Gasteiger partial charge is 0.309 e. The molecular weight excluding hydrogens is 548 g/mol. The maximum absolute atomic E-state index is 4.66. The van der Waals surface area contributed by atoms with Gasteiger partial charge in [-0.1, -0.05) is 78.9 Å². The van der Waals surface area contributed by atoms with E-state index in [1.807, 2.05) is 18.3 Å². The summed E-state index contributed by atoms with van der Waals surface area (Å²) in [5.74, 6) is 0. The lowest BCUT2D eigenvalue weighted by atomic mass is 10.0. The van der Waals surface area contributed by atoms with E-state index in [2.05, 4.69) is 146 Å². The first-order chi connectivity index (χ1) is 22.4. The Morgan fingerprint density at radius 3 is 1.53 bits per heavy atom. The van der Waals surface area contributed by atoms with Gasteiger partial charge < -0.3 is 13.4 Å². The summed E-state index contributed by atoms with van der Waals surface area (Å²) in [4.78, 5) is 4.66. The average Bonchev–Trinajstić information content (AvgIpc) is 3.73. The highest BCUT2D eigenvalue weighted by atomic mass is 15.0. The minimum absolute atomic E-state index is 0.971. The standard InChI is InChI=1S/C41H24N4/c1-3-15-32-27(12-1)29-19-21-36-38-39-37(43(36)26-11-9-10-25(24-26)31-14-7-8-23-42-31)22-20-30-28-13-2-4-16-33(28)45(41(30)39)35-18-6-5-17-34(35)44(32)40(29)38/h1-24H. The van der Waals surface area contributed by atoms with Crippen molar-refractivity contribution in [2.24, 2.45) is 0 Å². The quantitative estimate of drug-likeness (QED) is 0.202. The van der Waals surface area contributed by atoms with Crippen molar-refractivity contribution in [2.75, 3.05) is 0 Å². The van der Waals surface area contributed by atoms with Crippen LogP contribution in [0.4, 0.5) is 0 Å². The summed E-state index contributed by atoms with van der Waals surface area (Å²) in [5, 5.41) is 7.65. The lowest BCUT2D eigenvalue weighted by Crippen LogP contribution is -1.94. The second kappa shape index (κ2) is 8.28. The molecule has 45 heavy (non-hydrogen) atoms. The minimum atomic E-state index is 0.971. The Hall–Kier alpha value is -6.13. The molecule has 11 aromatic rings. The first-order valence-electron chi connectivity index (χ1n) is 15.4. The molecule has 0 radical (unpaired) electrons. The fourth-order valence-electron chi connectivity index (χ4n) is 8.05. The van der Waals surface area contributed by atoms with Crippen molar-refractivity contribution >= 4 is 76.5 Å². The van der Waals surface area contributed by atoms with Gasteiger partial charge in [-0.15, -0.1) is 0 Å². The molecule has 0 saturated carbocycles. The Morgan fingerprint density at radius 1 is 0.400 bits per heavy atom. The Kier molecular flexibility index (Phi) is 4.29. The summed E-state index contributed by atoms with van der Waals surface area (Å²) in [5.41, 5.74) is 12.9. The Bertz CT molecular complexity index is 2810. The van der Waals surface area contributed by atoms with Crippen LogP contribution in [0.3, 0.4) is 0 Å². The topological polar surface area (TPSA) is 26.6 Å². The molecule has 4 heteroatoms. The van der Waals surface area contributed by atoms with Crippen LogP contribution in [0.5, 0.6) is 0 Å². The van der Waals surface area contributed by atoms with Gasteiger partial charge in [0, 0.05) is 49.8 Å². The van der Waals surface area contributed by atoms with Crippen molar-refractivity contribution in [3.05, 3.63) is 146 Å². The Balaban J connectivity index is 1.47. The molecule has 208 valence electrons. The minimum Gasteiger partial charge on any atom is -0.309 e. The van der Waals surface area contributed by atoms with Crippen molar-refractivity contribution in [1.82, 2.24) is 18.4 Å². The van der Waals surface area contributed by atoms with E-state index in [4.69, 9.17) is 0 Å². The van der Waals surface area contributed by atoms with Crippen LogP contribution in [0, 0.1) is 0 Å². The smallest absolute Gasteiger partial charge is 0.0703 e. The predicted molar refractivity (Wildman–Crippen MR) is 187 cm³/mol. The SMILES string of the molecule is c1ccc(-c2cccc(-n3c4ccc5c6ccccc6n6c7ccccc7n7c8ccccc8c8ccc3c(c4c56)c87)c2)nc1. The van der Waals surface area contributed by atoms with E-state index in [0.29, 0.717) is 0 Å². The van der Waals surface area contributed by atoms with Gasteiger partial charge in [-0.2, -0.15) is 0 Å². The monoisotopic (exact) mass is 572 g/mol. The molecule has 0 N–H and O–H groups in total. The molecule has 0 aliphatic heterocycles. The van der Waals surface area contributed by atoms with Gasteiger partial charge in [0.2, 0.25) is 0 Å². The third-order valence-electron chi connectivity index (χ3n) is 9.79. The van der Waals surface area contributed by atoms with Gasteiger partial charge in [0.05, 0.1) is 49.8 Å². The van der Waals surface area contributed by atoms with Crippen LogP contribution >= 0.6 is 0 Å². The van der Waals surface area contributed by atoms with Crippen LogP contribution in [-0.2, 0) is 0 Å². The molecule has 0 spiro atoms. The van der Waals surface area contributed by atoms with Crippen LogP contribution in [0.15, 0.2) is 146 Å². The lowest BCUT2D eigenvalue weighted by Gasteiger charge is -2.10. The van der Waals surface area contributed by atoms with Gasteiger partial charge in [0.25, 0.3) is 0 Å². The number of hydrogen-bond donors (Lipinski definition) is 0. The van der Waals surface area contributed by atoms with E-state index in [9.17, 15) is 0 Å². The number of benzene rings is 6. The normalized spacial score (nSPS) is 12.4. The van der Waals surface area contributed by atoms with Crippen LogP contribution in [-0.4, -0.2) is 18.4 Å². The van der Waals surface area contributed by atoms with Gasteiger partial charge in [0.1, 0.15) is 0 Å². The average molecular weight is 573 g/mol. The highest BCUT2D eigenvalue weighted by Gasteiger charge is 2.25. The van der Waals surface area contributed by atoms with Gasteiger partial charge in [0.15, 0.2) is 0 Å². The zero-order valence-corrected chi connectivity index (χ0v) is 24.1. The molecule has 5 aromatic heterocycles. The van der Waals surface area contributed by atoms with E-state index < -0.39 is 0 Å². The third kappa shape index (κ3) is 2.84. The molecule has 0 aliphatic rings. The number of fused-ring (bicyclic) bond motifs is 9. The highest BCUT2D eigenvalue weighted by Crippen LogP contribution is 2.46. The summed E-state index contributed by atoms with van der Waals surface area (Å²) in [6.07, 6.45) is 1.86. The summed E-state index contributed by atoms with van der Waals surface area (Å²) in [7, 11) is 0. The van der Waals surface area contributed by atoms with E-state index >= 15 is 0 Å². The number of nitrogens with zero attached hydrogens (tertiary/aromatic N) is 4. The third-order valence-corrected chi connectivity index (χ3v) is 9.79. The van der Waals surface area contributed by atoms with Crippen LogP contribution in [0.25, 0.3) is 93.4 Å². The second-order valence-corrected chi connectivity index (χ2v) is 12.0. The second-order valence-electron chi connectivity index (χ2n) is 12.0. The highest BCUT2D eigenvalue weighted by molar-refractivity contribution is 6.33. The van der Waals surface area contributed by atoms with Gasteiger partial charge in [-0.3, -0.25) is 4.98 Å². The summed E-state index contributed by atoms with van der Waals surface area (Å²) in [6, 6.07) is 50.8. The summed E-state index contributed by atoms with van der Waals surface area (Å²) >= 11 is 0. The van der Waals surface area contributed by atoms with Gasteiger partial charge in [-0.05, 0) is 60.7 Å². The number of aromatic nitrogens is 4. The lowest BCUT2D eigenvalue weighted by molar-refractivity contribution is 1.18. The molecular formula is C41H24N4. The van der Waals surface area contributed by atoms with Gasteiger partial charge >= 0.3 is 0 Å². The van der Waals surface area contributed by atoms with E-state index in [1.54, 1.807) is 0 Å². The van der Waals surface area contributed by atoms with Crippen molar-refractivity contribution in [3.63, 3.8) is 0 Å². The zero-order chi connectivity index (χ0) is 29.2. The van der Waals surface area contributed by atoms with E-state index in [-0.39, 0.29) is 0 Å². The molecule has 0 unspecified atom stereocenters. The summed E-state index contributed by atoms with van der Waals surface area (Å²) in [6.45, 7) is 0. The molecule has 0 atom stereocenters. The molecule has 0 bridgehead atoms. The van der Waals surface area contributed by atoms with E-state index in [1.165, 1.54) is 76.5 Å². The number of pyridine rings is 1. The van der Waals surface area contributed by atoms with Crippen molar-refractivity contribution in [3.8, 4) is 16.9 Å². The molecule has 0 saturated heterocycles. The van der Waals surface area contributed by atoms with Crippen LogP contribution < -0.4 is 0 Å². The maximum Gasteiger partial charge on any atom is 0.0703 e. The number of rotatable bonds is 2. The number of hydrogen-bond acceptors (Lipinski definition) is 1. The molecule has 6 aromatic carbocycles. The first-order valence-corrected chi connectivity index (χ1v) is 15.4. The summed E-state index contributed by atoms with van der Waals surface area (Å²) < 4.78 is 7.47. The van der Waals surface area contributed by atoms with Crippen molar-refractivity contribution < 1.29 is 0 Å². The molecule has 4 nitrogen and oxygen atoms in total. The fraction of sp³-hybridized carbons (Fsp3) is 0. The van der Waals surface area contributed by atoms with Crippen LogP contribution in [0.1, 0.15) is 0 Å².